The topological polar surface area (TPSA) is 43.3 Å². The van der Waals surface area contributed by atoms with Crippen LogP contribution in [0.4, 0.5) is 0 Å². The molecule has 0 amide bonds. The normalized spacial score (nSPS) is 18.3. The van der Waals surface area contributed by atoms with Gasteiger partial charge in [0.15, 0.2) is 0 Å². The molecule has 3 nitrogen and oxygen atoms in total. The number of nitrogens with two attached hydrogens (primary N) is 1. The standard InChI is InChI=1S/C57H45N3S/c1-35-53-45(40-20-7-11-24-47(40)56(53,2)3)33-46-41-29-28-37(57(36-16-5-4-6-17-36)48-25-12-8-18-38(48)39-19-9-13-26-49(39)57)32-51(41)60(54(35)46)34-59-50(30-31-58)44-23-15-22-43-42-21-10-14-27-52(42)61-55(43)44/h4-33,35,53H,34,58H2,1-3H3/b31-30-,59-50?. The van der Waals surface area contributed by atoms with Crippen LogP contribution in [0.1, 0.15) is 76.9 Å². The molecule has 2 N–H and O–H groups in total. The van der Waals surface area contributed by atoms with Crippen LogP contribution in [0, 0.1) is 5.92 Å². The minimum absolute atomic E-state index is 0.0336. The van der Waals surface area contributed by atoms with E-state index in [0.29, 0.717) is 12.6 Å². The number of aromatic nitrogens is 1. The van der Waals surface area contributed by atoms with Gasteiger partial charge in [0, 0.05) is 54.2 Å². The minimum atomic E-state index is -0.507. The summed E-state index contributed by atoms with van der Waals surface area (Å²) in [6, 6.07) is 60.8. The second-order valence-electron chi connectivity index (χ2n) is 17.6. The summed E-state index contributed by atoms with van der Waals surface area (Å²) < 4.78 is 5.06. The number of rotatable bonds is 6. The Morgan fingerprint density at radius 1 is 0.672 bits per heavy atom. The molecule has 4 heteroatoms. The van der Waals surface area contributed by atoms with E-state index in [1.54, 1.807) is 6.20 Å². The van der Waals surface area contributed by atoms with Crippen LogP contribution in [0.5, 0.6) is 0 Å². The number of benzene rings is 7. The molecule has 0 fully saturated rings. The van der Waals surface area contributed by atoms with Gasteiger partial charge in [-0.05, 0) is 86.0 Å². The van der Waals surface area contributed by atoms with Crippen molar-refractivity contribution in [2.75, 3.05) is 0 Å². The quantitative estimate of drug-likeness (QED) is 0.167. The fourth-order valence-corrected chi connectivity index (χ4v) is 13.2. The molecule has 0 spiro atoms. The van der Waals surface area contributed by atoms with E-state index in [9.17, 15) is 0 Å². The molecular weight excluding hydrogens is 759 g/mol. The molecule has 12 rings (SSSR count). The Kier molecular flexibility index (Phi) is 7.92. The second-order valence-corrected chi connectivity index (χ2v) is 18.7. The summed E-state index contributed by atoms with van der Waals surface area (Å²) in [5, 5.41) is 3.79. The van der Waals surface area contributed by atoms with Crippen molar-refractivity contribution in [3.8, 4) is 11.1 Å². The molecule has 9 aromatic rings. The number of aliphatic imine (C=N–C) groups is 1. The summed E-state index contributed by atoms with van der Waals surface area (Å²) in [4.78, 5) is 5.57. The van der Waals surface area contributed by atoms with Crippen molar-refractivity contribution in [2.24, 2.45) is 16.6 Å². The fraction of sp³-hybridized carbons (Fsp3) is 0.140. The predicted octanol–water partition coefficient (Wildman–Crippen LogP) is 13.9. The maximum atomic E-state index is 6.25. The van der Waals surface area contributed by atoms with Gasteiger partial charge in [0.2, 0.25) is 0 Å². The summed E-state index contributed by atoms with van der Waals surface area (Å²) >= 11 is 1.83. The molecule has 3 aliphatic carbocycles. The highest BCUT2D eigenvalue weighted by Crippen LogP contribution is 2.60. The third kappa shape index (κ3) is 4.94. The molecule has 0 bridgehead atoms. The molecule has 2 unspecified atom stereocenters. The monoisotopic (exact) mass is 803 g/mol. The van der Waals surface area contributed by atoms with Crippen molar-refractivity contribution in [1.29, 1.82) is 0 Å². The van der Waals surface area contributed by atoms with Gasteiger partial charge in [0.25, 0.3) is 0 Å². The van der Waals surface area contributed by atoms with Crippen molar-refractivity contribution in [1.82, 2.24) is 4.57 Å². The van der Waals surface area contributed by atoms with E-state index in [4.69, 9.17) is 10.7 Å². The number of hydrogen-bond acceptors (Lipinski definition) is 3. The molecule has 0 saturated heterocycles. The van der Waals surface area contributed by atoms with Crippen LogP contribution >= 0.6 is 11.3 Å². The van der Waals surface area contributed by atoms with E-state index in [2.05, 4.69) is 195 Å². The van der Waals surface area contributed by atoms with Crippen molar-refractivity contribution < 1.29 is 0 Å². The number of nitrogens with zero attached hydrogens (tertiary/aromatic N) is 2. The van der Waals surface area contributed by atoms with E-state index in [1.807, 2.05) is 17.4 Å². The Morgan fingerprint density at radius 3 is 2.08 bits per heavy atom. The summed E-state index contributed by atoms with van der Waals surface area (Å²) in [5.41, 5.74) is 23.6. The molecule has 2 atom stereocenters. The molecule has 3 aliphatic rings. The van der Waals surface area contributed by atoms with Crippen LogP contribution < -0.4 is 5.73 Å². The summed E-state index contributed by atoms with van der Waals surface area (Å²) in [7, 11) is 0. The lowest BCUT2D eigenvalue weighted by atomic mass is 9.67. The highest BCUT2D eigenvalue weighted by atomic mass is 32.1. The zero-order valence-electron chi connectivity index (χ0n) is 34.6. The van der Waals surface area contributed by atoms with Crippen molar-refractivity contribution >= 4 is 59.8 Å². The number of thiophene rings is 1. The van der Waals surface area contributed by atoms with Crippen molar-refractivity contribution in [3.63, 3.8) is 0 Å². The number of allylic oxidation sites excluding steroid dienone is 2. The highest BCUT2D eigenvalue weighted by Gasteiger charge is 2.50. The van der Waals surface area contributed by atoms with Gasteiger partial charge in [-0.3, -0.25) is 4.99 Å². The van der Waals surface area contributed by atoms with Gasteiger partial charge in [0.1, 0.15) is 6.67 Å². The zero-order chi connectivity index (χ0) is 41.0. The van der Waals surface area contributed by atoms with E-state index < -0.39 is 5.41 Å². The second kappa shape index (κ2) is 13.4. The molecule has 2 heterocycles. The average molecular weight is 804 g/mol. The first kappa shape index (κ1) is 36.1. The predicted molar refractivity (Wildman–Crippen MR) is 258 cm³/mol. The Morgan fingerprint density at radius 2 is 1.33 bits per heavy atom. The van der Waals surface area contributed by atoms with Gasteiger partial charge in [-0.25, -0.2) is 0 Å². The van der Waals surface area contributed by atoms with E-state index in [-0.39, 0.29) is 11.3 Å². The molecule has 0 saturated carbocycles. The molecule has 2 aromatic heterocycles. The first-order chi connectivity index (χ1) is 29.9. The Labute approximate surface area is 360 Å². The van der Waals surface area contributed by atoms with E-state index in [0.717, 1.165) is 11.3 Å². The summed E-state index contributed by atoms with van der Waals surface area (Å²) in [6.45, 7) is 7.79. The van der Waals surface area contributed by atoms with Crippen LogP contribution in [-0.2, 0) is 17.5 Å². The lowest BCUT2D eigenvalue weighted by molar-refractivity contribution is 0.355. The zero-order valence-corrected chi connectivity index (χ0v) is 35.4. The lowest BCUT2D eigenvalue weighted by Gasteiger charge is -2.37. The van der Waals surface area contributed by atoms with E-state index >= 15 is 0 Å². The SMILES string of the molecule is CC1c2c(c3ccc(C4(c5ccccc5)c5ccccc5-c5ccccc54)cc3n2CN=C(/C=C\N)c2cccc3c2sc2ccccc23)C=C2c3ccccc3C(C)(C)C21. The van der Waals surface area contributed by atoms with Crippen LogP contribution in [0.3, 0.4) is 0 Å². The largest absolute Gasteiger partial charge is 0.405 e. The Bertz CT molecular complexity index is 3310. The van der Waals surface area contributed by atoms with Crippen LogP contribution in [0.15, 0.2) is 181 Å². The minimum Gasteiger partial charge on any atom is -0.405 e. The Hall–Kier alpha value is -6.75. The van der Waals surface area contributed by atoms with E-state index in [1.165, 1.54) is 92.4 Å². The third-order valence-corrected chi connectivity index (χ3v) is 15.6. The highest BCUT2D eigenvalue weighted by molar-refractivity contribution is 7.26. The van der Waals surface area contributed by atoms with Crippen molar-refractivity contribution in [2.45, 2.75) is 44.2 Å². The molecule has 61 heavy (non-hydrogen) atoms. The number of fused-ring (bicyclic) bond motifs is 12. The van der Waals surface area contributed by atoms with Gasteiger partial charge in [-0.15, -0.1) is 11.3 Å². The lowest BCUT2D eigenvalue weighted by Crippen LogP contribution is -2.30. The molecule has 7 aromatic carbocycles. The Balaban J connectivity index is 1.13. The van der Waals surface area contributed by atoms with Gasteiger partial charge < -0.3 is 10.3 Å². The van der Waals surface area contributed by atoms with Crippen LogP contribution in [0.25, 0.3) is 53.9 Å². The van der Waals surface area contributed by atoms with Crippen molar-refractivity contribution in [3.05, 3.63) is 226 Å². The smallest absolute Gasteiger partial charge is 0.115 e. The van der Waals surface area contributed by atoms with Crippen LogP contribution in [-0.4, -0.2) is 10.3 Å². The average Bonchev–Trinajstić information content (AvgIpc) is 4.00. The maximum absolute atomic E-state index is 6.25. The first-order valence-electron chi connectivity index (χ1n) is 21.5. The maximum Gasteiger partial charge on any atom is 0.115 e. The summed E-state index contributed by atoms with van der Waals surface area (Å²) in [5.74, 6) is 0.558. The van der Waals surface area contributed by atoms with Gasteiger partial charge in [0.05, 0.1) is 16.6 Å². The molecule has 0 aliphatic heterocycles. The van der Waals surface area contributed by atoms with Crippen LogP contribution in [0.2, 0.25) is 0 Å². The third-order valence-electron chi connectivity index (χ3n) is 14.3. The first-order valence-corrected chi connectivity index (χ1v) is 22.3. The summed E-state index contributed by atoms with van der Waals surface area (Å²) in [6.07, 6.45) is 6.15. The molecule has 294 valence electrons. The van der Waals surface area contributed by atoms with Gasteiger partial charge in [-0.1, -0.05) is 172 Å². The number of hydrogen-bond donors (Lipinski definition) is 1. The van der Waals surface area contributed by atoms with Gasteiger partial charge >= 0.3 is 0 Å². The molecule has 0 radical (unpaired) electrons. The fourth-order valence-electron chi connectivity index (χ4n) is 11.9. The molecular formula is C57H45N3S. The van der Waals surface area contributed by atoms with Gasteiger partial charge in [-0.2, -0.15) is 0 Å².